The number of carbonyl (C=O) groups excluding carboxylic acids is 4. The van der Waals surface area contributed by atoms with Gasteiger partial charge >= 0.3 is 0 Å². The fraction of sp³-hybridized carbons (Fsp3) is 0.355. The number of nitrogens with two attached hydrogens (primary N) is 1. The number of nitrogens with zero attached hydrogens (tertiary/aromatic N) is 2. The Bertz CT molecular complexity index is 1660. The topological polar surface area (TPSA) is 182 Å². The van der Waals surface area contributed by atoms with Crippen molar-refractivity contribution in [2.45, 2.75) is 36.3 Å². The fourth-order valence-corrected chi connectivity index (χ4v) is 7.37. The number of ketones is 2. The SMILES string of the molecule is Cc1ccc(SC(=O)c2cc(N(C)C)c3c(c2O)C(O)=C2C(=O)[C@]4(O)C(O)=C(C(N)=O)C(=O)C(N(C)C)[C@@H]4C[C@@H]2C3)cc1. The highest BCUT2D eigenvalue weighted by molar-refractivity contribution is 8.14. The number of hydrogen-bond donors (Lipinski definition) is 5. The van der Waals surface area contributed by atoms with E-state index in [4.69, 9.17) is 5.73 Å². The Morgan fingerprint density at radius 1 is 1.05 bits per heavy atom. The van der Waals surface area contributed by atoms with Crippen LogP contribution in [0.4, 0.5) is 5.69 Å². The number of carbonyl (C=O) groups is 4. The van der Waals surface area contributed by atoms with Crippen molar-refractivity contribution in [2.24, 2.45) is 17.6 Å². The van der Waals surface area contributed by atoms with E-state index in [0.29, 0.717) is 16.1 Å². The van der Waals surface area contributed by atoms with E-state index in [1.165, 1.54) is 11.0 Å². The molecule has 0 saturated heterocycles. The van der Waals surface area contributed by atoms with Gasteiger partial charge in [0.15, 0.2) is 11.4 Å². The zero-order valence-corrected chi connectivity index (χ0v) is 25.2. The number of Topliss-reactive ketones (excluding diaryl/α,β-unsaturated/α-hetero) is 2. The van der Waals surface area contributed by atoms with Crippen LogP contribution in [0.2, 0.25) is 0 Å². The number of anilines is 1. The maximum absolute atomic E-state index is 14.1. The summed E-state index contributed by atoms with van der Waals surface area (Å²) in [4.78, 5) is 56.8. The van der Waals surface area contributed by atoms with Gasteiger partial charge in [0.05, 0.1) is 17.2 Å². The lowest BCUT2D eigenvalue weighted by Gasteiger charge is -2.50. The van der Waals surface area contributed by atoms with Crippen molar-refractivity contribution in [1.82, 2.24) is 4.90 Å². The first-order valence-electron chi connectivity index (χ1n) is 13.6. The number of fused-ring (bicyclic) bond motifs is 3. The van der Waals surface area contributed by atoms with Crippen molar-refractivity contribution in [3.63, 3.8) is 0 Å². The number of benzene rings is 2. The molecule has 3 aliphatic carbocycles. The summed E-state index contributed by atoms with van der Waals surface area (Å²) in [5, 5.41) is 45.3. The van der Waals surface area contributed by atoms with Gasteiger partial charge < -0.3 is 31.1 Å². The van der Waals surface area contributed by atoms with Crippen LogP contribution in [0.3, 0.4) is 0 Å². The Hall–Kier alpha value is -4.13. The molecule has 2 aromatic carbocycles. The number of primary amides is 1. The number of aliphatic hydroxyl groups excluding tert-OH is 2. The van der Waals surface area contributed by atoms with Crippen LogP contribution < -0.4 is 10.6 Å². The molecule has 2 aromatic rings. The van der Waals surface area contributed by atoms with E-state index in [9.17, 15) is 39.6 Å². The minimum atomic E-state index is -2.74. The number of aromatic hydroxyl groups is 1. The van der Waals surface area contributed by atoms with Crippen molar-refractivity contribution in [3.05, 3.63) is 69.5 Å². The Morgan fingerprint density at radius 2 is 1.67 bits per heavy atom. The summed E-state index contributed by atoms with van der Waals surface area (Å²) in [5.74, 6) is -7.44. The second kappa shape index (κ2) is 10.5. The first-order valence-corrected chi connectivity index (χ1v) is 14.4. The van der Waals surface area contributed by atoms with E-state index >= 15 is 0 Å². The summed E-state index contributed by atoms with van der Waals surface area (Å²) < 4.78 is 0. The number of aliphatic hydroxyl groups is 3. The van der Waals surface area contributed by atoms with Gasteiger partial charge in [-0.05, 0) is 75.3 Å². The van der Waals surface area contributed by atoms with Crippen LogP contribution in [0.15, 0.2) is 52.1 Å². The number of phenolic OH excluding ortho intramolecular Hbond substituents is 1. The molecule has 4 atom stereocenters. The quantitative estimate of drug-likeness (QED) is 0.248. The average molecular weight is 608 g/mol. The lowest BCUT2D eigenvalue weighted by atomic mass is 9.57. The molecule has 43 heavy (non-hydrogen) atoms. The molecule has 0 aliphatic heterocycles. The number of aryl methyl sites for hydroxylation is 1. The largest absolute Gasteiger partial charge is 0.508 e. The molecule has 0 radical (unpaired) electrons. The molecule has 11 nitrogen and oxygen atoms in total. The van der Waals surface area contributed by atoms with Crippen molar-refractivity contribution in [3.8, 4) is 5.75 Å². The maximum atomic E-state index is 14.1. The standard InChI is InChI=1S/C31H33N3O8S/c1-13-6-8-15(9-7-13)43-30(41)17-12-19(33(2)3)16-10-14-11-18-23(34(4)5)26(37)22(29(32)40)28(39)31(18,42)27(38)20(14)25(36)21(16)24(17)35/h6-9,12,14,18,23,35-36,39,42H,10-11H2,1-5H3,(H2,32,40)/t14-,18-,23?,31-/m0/s1. The molecular weight excluding hydrogens is 574 g/mol. The van der Waals surface area contributed by atoms with Gasteiger partial charge in [-0.1, -0.05) is 17.7 Å². The molecule has 0 heterocycles. The van der Waals surface area contributed by atoms with Gasteiger partial charge in [-0.2, -0.15) is 0 Å². The summed E-state index contributed by atoms with van der Waals surface area (Å²) in [6, 6.07) is 7.62. The van der Waals surface area contributed by atoms with Gasteiger partial charge in [0.25, 0.3) is 5.91 Å². The van der Waals surface area contributed by atoms with Crippen LogP contribution >= 0.6 is 11.8 Å². The monoisotopic (exact) mass is 607 g/mol. The smallest absolute Gasteiger partial charge is 0.255 e. The molecule has 5 rings (SSSR count). The van der Waals surface area contributed by atoms with Gasteiger partial charge in [0.1, 0.15) is 22.8 Å². The number of hydrogen-bond acceptors (Lipinski definition) is 11. The number of amides is 1. The highest BCUT2D eigenvalue weighted by atomic mass is 32.2. The Kier molecular flexibility index (Phi) is 7.44. The number of likely N-dealkylation sites (N-methyl/N-ethyl adjacent to an activating group) is 1. The third-order valence-electron chi connectivity index (χ3n) is 8.63. The summed E-state index contributed by atoms with van der Waals surface area (Å²) >= 11 is 0.894. The van der Waals surface area contributed by atoms with Gasteiger partial charge in [0.2, 0.25) is 10.9 Å². The highest BCUT2D eigenvalue weighted by Gasteiger charge is 2.64. The van der Waals surface area contributed by atoms with E-state index in [1.807, 2.05) is 19.1 Å². The Morgan fingerprint density at radius 3 is 2.23 bits per heavy atom. The van der Waals surface area contributed by atoms with Crippen molar-refractivity contribution in [2.75, 3.05) is 33.1 Å². The molecule has 1 saturated carbocycles. The zero-order valence-electron chi connectivity index (χ0n) is 24.3. The molecule has 226 valence electrons. The van der Waals surface area contributed by atoms with E-state index in [1.54, 1.807) is 45.2 Å². The molecule has 1 fully saturated rings. The zero-order chi connectivity index (χ0) is 31.7. The van der Waals surface area contributed by atoms with Crippen molar-refractivity contribution >= 4 is 45.8 Å². The molecular formula is C31H33N3O8S. The predicted octanol–water partition coefficient (Wildman–Crippen LogP) is 2.27. The normalized spacial score (nSPS) is 25.0. The average Bonchev–Trinajstić information content (AvgIpc) is 2.91. The molecule has 0 bridgehead atoms. The Labute approximate surface area is 252 Å². The van der Waals surface area contributed by atoms with Crippen molar-refractivity contribution in [1.29, 1.82) is 0 Å². The molecule has 0 aromatic heterocycles. The Balaban J connectivity index is 1.69. The van der Waals surface area contributed by atoms with Gasteiger partial charge in [-0.3, -0.25) is 24.1 Å². The molecule has 3 aliphatic rings. The summed E-state index contributed by atoms with van der Waals surface area (Å²) in [6.45, 7) is 1.92. The number of phenols is 1. The van der Waals surface area contributed by atoms with E-state index in [2.05, 4.69) is 0 Å². The molecule has 1 amide bonds. The minimum absolute atomic E-state index is 0.0245. The lowest BCUT2D eigenvalue weighted by Crippen LogP contribution is -2.65. The minimum Gasteiger partial charge on any atom is -0.508 e. The first-order chi connectivity index (χ1) is 20.1. The summed E-state index contributed by atoms with van der Waals surface area (Å²) in [6.07, 6.45) is 0.0958. The van der Waals surface area contributed by atoms with Crippen LogP contribution in [0.25, 0.3) is 5.76 Å². The third-order valence-corrected chi connectivity index (χ3v) is 9.54. The maximum Gasteiger partial charge on any atom is 0.255 e. The second-order valence-corrected chi connectivity index (χ2v) is 12.8. The summed E-state index contributed by atoms with van der Waals surface area (Å²) in [5.41, 5.74) is 3.29. The van der Waals surface area contributed by atoms with Crippen molar-refractivity contribution < 1.29 is 39.6 Å². The van der Waals surface area contributed by atoms with E-state index < -0.39 is 68.9 Å². The van der Waals surface area contributed by atoms with Crippen LogP contribution in [0, 0.1) is 18.8 Å². The number of rotatable bonds is 5. The van der Waals surface area contributed by atoms with E-state index in [0.717, 1.165) is 17.3 Å². The molecule has 12 heteroatoms. The first kappa shape index (κ1) is 30.3. The fourth-order valence-electron chi connectivity index (χ4n) is 6.61. The highest BCUT2D eigenvalue weighted by Crippen LogP contribution is 2.54. The summed E-state index contributed by atoms with van der Waals surface area (Å²) in [7, 11) is 6.57. The van der Waals surface area contributed by atoms with Crippen LogP contribution in [-0.2, 0) is 20.8 Å². The van der Waals surface area contributed by atoms with Gasteiger partial charge in [-0.25, -0.2) is 0 Å². The molecule has 0 spiro atoms. The lowest BCUT2D eigenvalue weighted by molar-refractivity contribution is -0.153. The third kappa shape index (κ3) is 4.52. The van der Waals surface area contributed by atoms with Crippen LogP contribution in [0.1, 0.15) is 33.5 Å². The van der Waals surface area contributed by atoms with Gasteiger partial charge in [-0.15, -0.1) is 0 Å². The van der Waals surface area contributed by atoms with Gasteiger partial charge in [0, 0.05) is 36.2 Å². The molecule has 1 unspecified atom stereocenters. The second-order valence-electron chi connectivity index (χ2n) is 11.7. The predicted molar refractivity (Wildman–Crippen MR) is 160 cm³/mol. The van der Waals surface area contributed by atoms with Crippen LogP contribution in [-0.4, -0.2) is 87.7 Å². The molecule has 6 N–H and O–H groups in total. The van der Waals surface area contributed by atoms with Crippen LogP contribution in [0.5, 0.6) is 5.75 Å². The van der Waals surface area contributed by atoms with E-state index in [-0.39, 0.29) is 29.5 Å². The number of thioether (sulfide) groups is 1.